The maximum absolute atomic E-state index is 12.6. The van der Waals surface area contributed by atoms with E-state index < -0.39 is 11.7 Å². The number of alkyl halides is 3. The fourth-order valence-electron chi connectivity index (χ4n) is 3.72. The van der Waals surface area contributed by atoms with Gasteiger partial charge in [0.25, 0.3) is 5.91 Å². The molecule has 2 aliphatic heterocycles. The van der Waals surface area contributed by atoms with Crippen molar-refractivity contribution in [3.05, 3.63) is 59.9 Å². The van der Waals surface area contributed by atoms with E-state index in [0.29, 0.717) is 17.0 Å². The minimum absolute atomic E-state index is 0.0566. The number of aromatic nitrogens is 2. The molecule has 33 heavy (non-hydrogen) atoms. The van der Waals surface area contributed by atoms with Crippen molar-refractivity contribution < 1.29 is 22.7 Å². The van der Waals surface area contributed by atoms with Crippen molar-refractivity contribution in [1.29, 1.82) is 0 Å². The molecule has 0 aliphatic carbocycles. The van der Waals surface area contributed by atoms with Gasteiger partial charge in [0.2, 0.25) is 5.88 Å². The van der Waals surface area contributed by atoms with E-state index in [-0.39, 0.29) is 11.8 Å². The SMILES string of the molecule is C1CCNC1.O=C(c1ccc2cc(Oc3ccc(C(F)(F)F)cn3)ccc2n1)N1CCCC1. The molecule has 2 aromatic heterocycles. The highest BCUT2D eigenvalue weighted by Crippen LogP contribution is 2.30. The van der Waals surface area contributed by atoms with Crippen LogP contribution in [0.15, 0.2) is 48.7 Å². The van der Waals surface area contributed by atoms with E-state index in [4.69, 9.17) is 4.74 Å². The van der Waals surface area contributed by atoms with Gasteiger partial charge in [-0.3, -0.25) is 4.79 Å². The molecule has 5 rings (SSSR count). The van der Waals surface area contributed by atoms with Crippen LogP contribution in [-0.2, 0) is 6.18 Å². The first kappa shape index (κ1) is 23.0. The van der Waals surface area contributed by atoms with Gasteiger partial charge in [-0.2, -0.15) is 13.2 Å². The van der Waals surface area contributed by atoms with Gasteiger partial charge < -0.3 is 15.0 Å². The Hall–Kier alpha value is -3.20. The minimum Gasteiger partial charge on any atom is -0.439 e. The van der Waals surface area contributed by atoms with Crippen LogP contribution < -0.4 is 10.1 Å². The molecular formula is C24H25F3N4O2. The van der Waals surface area contributed by atoms with Gasteiger partial charge in [0.05, 0.1) is 11.1 Å². The highest BCUT2D eigenvalue weighted by atomic mass is 19.4. The van der Waals surface area contributed by atoms with Gasteiger partial charge in [0, 0.05) is 30.7 Å². The molecule has 2 fully saturated rings. The first-order chi connectivity index (χ1) is 15.9. The summed E-state index contributed by atoms with van der Waals surface area (Å²) in [5.74, 6) is 0.398. The Morgan fingerprint density at radius 3 is 2.33 bits per heavy atom. The number of hydrogen-bond donors (Lipinski definition) is 1. The van der Waals surface area contributed by atoms with Crippen molar-refractivity contribution in [2.45, 2.75) is 31.9 Å². The van der Waals surface area contributed by atoms with Gasteiger partial charge in [0.1, 0.15) is 11.4 Å². The summed E-state index contributed by atoms with van der Waals surface area (Å²) in [5, 5.41) is 3.97. The van der Waals surface area contributed by atoms with Crippen LogP contribution in [0.1, 0.15) is 41.7 Å². The van der Waals surface area contributed by atoms with E-state index in [1.807, 2.05) is 0 Å². The average Bonchev–Trinajstić information content (AvgIpc) is 3.55. The number of amides is 1. The number of pyridine rings is 2. The number of benzene rings is 1. The third-order valence-electron chi connectivity index (χ3n) is 5.52. The lowest BCUT2D eigenvalue weighted by Gasteiger charge is -2.14. The molecule has 1 N–H and O–H groups in total. The highest BCUT2D eigenvalue weighted by Gasteiger charge is 2.30. The van der Waals surface area contributed by atoms with Crippen LogP contribution in [0.25, 0.3) is 10.9 Å². The lowest BCUT2D eigenvalue weighted by Crippen LogP contribution is -2.28. The summed E-state index contributed by atoms with van der Waals surface area (Å²) in [6.07, 6.45) is 1.09. The molecular weight excluding hydrogens is 433 g/mol. The molecule has 2 saturated heterocycles. The van der Waals surface area contributed by atoms with E-state index in [0.717, 1.165) is 43.6 Å². The fraction of sp³-hybridized carbons (Fsp3) is 0.375. The zero-order chi connectivity index (χ0) is 23.3. The smallest absolute Gasteiger partial charge is 0.417 e. The monoisotopic (exact) mass is 458 g/mol. The Morgan fingerprint density at radius 1 is 0.970 bits per heavy atom. The number of hydrogen-bond acceptors (Lipinski definition) is 5. The number of carbonyl (C=O) groups is 1. The summed E-state index contributed by atoms with van der Waals surface area (Å²) >= 11 is 0. The maximum Gasteiger partial charge on any atom is 0.417 e. The number of ether oxygens (including phenoxy) is 1. The van der Waals surface area contributed by atoms with E-state index in [2.05, 4.69) is 15.3 Å². The van der Waals surface area contributed by atoms with Crippen molar-refractivity contribution in [3.8, 4) is 11.6 Å². The summed E-state index contributed by atoms with van der Waals surface area (Å²) in [7, 11) is 0. The Morgan fingerprint density at radius 2 is 1.73 bits per heavy atom. The van der Waals surface area contributed by atoms with Crippen molar-refractivity contribution >= 4 is 16.8 Å². The van der Waals surface area contributed by atoms with Crippen LogP contribution in [-0.4, -0.2) is 47.0 Å². The Labute approximate surface area is 189 Å². The van der Waals surface area contributed by atoms with E-state index >= 15 is 0 Å². The number of likely N-dealkylation sites (tertiary alicyclic amines) is 1. The summed E-state index contributed by atoms with van der Waals surface area (Å²) in [6, 6.07) is 10.6. The quantitative estimate of drug-likeness (QED) is 0.595. The van der Waals surface area contributed by atoms with Crippen molar-refractivity contribution in [1.82, 2.24) is 20.2 Å². The molecule has 4 heterocycles. The van der Waals surface area contributed by atoms with E-state index in [1.54, 1.807) is 35.2 Å². The lowest BCUT2D eigenvalue weighted by atomic mass is 10.2. The summed E-state index contributed by atoms with van der Waals surface area (Å²) in [5.41, 5.74) is 0.197. The van der Waals surface area contributed by atoms with Crippen LogP contribution in [0.3, 0.4) is 0 Å². The van der Waals surface area contributed by atoms with Gasteiger partial charge in [0.15, 0.2) is 0 Å². The van der Waals surface area contributed by atoms with Crippen molar-refractivity contribution in [2.75, 3.05) is 26.2 Å². The standard InChI is InChI=1S/C20H16F3N3O2.C4H9N/c21-20(22,23)14-4-8-18(24-12-14)28-15-5-7-16-13(11-15)3-6-17(25-16)19(27)26-9-1-2-10-26;1-2-4-5-3-1/h3-8,11-12H,1-2,9-10H2;5H,1-4H2. The number of nitrogens with zero attached hydrogens (tertiary/aromatic N) is 3. The van der Waals surface area contributed by atoms with Crippen molar-refractivity contribution in [2.24, 2.45) is 0 Å². The molecule has 9 heteroatoms. The predicted molar refractivity (Wildman–Crippen MR) is 118 cm³/mol. The summed E-state index contributed by atoms with van der Waals surface area (Å²) in [6.45, 7) is 4.01. The second-order valence-electron chi connectivity index (χ2n) is 7.99. The predicted octanol–water partition coefficient (Wildman–Crippen LogP) is 5.05. The topological polar surface area (TPSA) is 67.3 Å². The first-order valence-corrected chi connectivity index (χ1v) is 11.0. The molecule has 1 amide bonds. The van der Waals surface area contributed by atoms with Gasteiger partial charge in [-0.05, 0) is 69.1 Å². The molecule has 2 aliphatic rings. The van der Waals surface area contributed by atoms with Crippen molar-refractivity contribution in [3.63, 3.8) is 0 Å². The molecule has 0 bridgehead atoms. The van der Waals surface area contributed by atoms with Gasteiger partial charge in [-0.1, -0.05) is 6.07 Å². The number of carbonyl (C=O) groups excluding carboxylic acids is 1. The van der Waals surface area contributed by atoms with Crippen LogP contribution in [0.4, 0.5) is 13.2 Å². The molecule has 0 radical (unpaired) electrons. The number of rotatable bonds is 3. The summed E-state index contributed by atoms with van der Waals surface area (Å²) in [4.78, 5) is 22.4. The second kappa shape index (κ2) is 10.2. The van der Waals surface area contributed by atoms with Crippen LogP contribution in [0.5, 0.6) is 11.6 Å². The van der Waals surface area contributed by atoms with E-state index in [9.17, 15) is 18.0 Å². The molecule has 0 atom stereocenters. The largest absolute Gasteiger partial charge is 0.439 e. The Balaban J connectivity index is 0.000000459. The van der Waals surface area contributed by atoms with Gasteiger partial charge >= 0.3 is 6.18 Å². The highest BCUT2D eigenvalue weighted by molar-refractivity contribution is 5.95. The number of halogens is 3. The first-order valence-electron chi connectivity index (χ1n) is 11.0. The van der Waals surface area contributed by atoms with E-state index in [1.165, 1.54) is 32.0 Å². The maximum atomic E-state index is 12.6. The molecule has 174 valence electrons. The van der Waals surface area contributed by atoms with Crippen LogP contribution in [0.2, 0.25) is 0 Å². The Bertz CT molecular complexity index is 1090. The van der Waals surface area contributed by atoms with Crippen LogP contribution in [0, 0.1) is 0 Å². The molecule has 0 spiro atoms. The molecule has 0 unspecified atom stereocenters. The summed E-state index contributed by atoms with van der Waals surface area (Å²) < 4.78 is 43.3. The van der Waals surface area contributed by atoms with Crippen LogP contribution >= 0.6 is 0 Å². The fourth-order valence-corrected chi connectivity index (χ4v) is 3.72. The zero-order valence-electron chi connectivity index (χ0n) is 18.1. The Kier molecular flexibility index (Phi) is 7.08. The molecule has 3 aromatic rings. The molecule has 6 nitrogen and oxygen atoms in total. The number of fused-ring (bicyclic) bond motifs is 1. The molecule has 0 saturated carbocycles. The zero-order valence-corrected chi connectivity index (χ0v) is 18.1. The number of nitrogens with one attached hydrogen (secondary N) is 1. The lowest BCUT2D eigenvalue weighted by molar-refractivity contribution is -0.137. The van der Waals surface area contributed by atoms with Gasteiger partial charge in [-0.25, -0.2) is 9.97 Å². The average molecular weight is 458 g/mol. The third-order valence-corrected chi connectivity index (χ3v) is 5.52. The minimum atomic E-state index is -4.44. The van der Waals surface area contributed by atoms with Gasteiger partial charge in [-0.15, -0.1) is 0 Å². The second-order valence-corrected chi connectivity index (χ2v) is 7.99. The third kappa shape index (κ3) is 5.98. The normalized spacial score (nSPS) is 15.9. The molecule has 1 aromatic carbocycles.